The molecule has 0 saturated heterocycles. The van der Waals surface area contributed by atoms with E-state index >= 15 is 0 Å². The molecule has 1 aromatic heterocycles. The molecule has 0 bridgehead atoms. The van der Waals surface area contributed by atoms with E-state index in [2.05, 4.69) is 11.9 Å². The molecule has 0 radical (unpaired) electrons. The lowest BCUT2D eigenvalue weighted by Crippen LogP contribution is -1.98. The topological polar surface area (TPSA) is 31.4 Å². The van der Waals surface area contributed by atoms with Crippen LogP contribution in [0, 0.1) is 11.6 Å². The Hall–Kier alpha value is -2.95. The van der Waals surface area contributed by atoms with E-state index in [1.54, 1.807) is 30.5 Å². The van der Waals surface area contributed by atoms with Gasteiger partial charge in [0.25, 0.3) is 0 Å². The number of hydrogen-bond donors (Lipinski definition) is 0. The molecule has 1 heterocycles. The first kappa shape index (κ1) is 21.4. The Morgan fingerprint density at radius 1 is 0.929 bits per heavy atom. The van der Waals surface area contributed by atoms with Gasteiger partial charge in [0.2, 0.25) is 0 Å². The standard InChI is InChI=1S/C21H19F2NO2.C2H6/c1-3-16-10-14(8-9-24-16)13-26-17-6-4-15(5-7-17)18-11-19(22)20(23)12-21(18)25-2;1-2/h4-12H,3,13H2,1-2H3;1-2H3. The molecule has 0 unspecified atom stereocenters. The van der Waals surface area contributed by atoms with Crippen molar-refractivity contribution in [3.05, 3.63) is 77.6 Å². The summed E-state index contributed by atoms with van der Waals surface area (Å²) in [6, 6.07) is 13.3. The molecule has 3 aromatic rings. The van der Waals surface area contributed by atoms with Gasteiger partial charge in [0.05, 0.1) is 7.11 Å². The summed E-state index contributed by atoms with van der Waals surface area (Å²) in [5.74, 6) is -0.883. The highest BCUT2D eigenvalue weighted by molar-refractivity contribution is 5.71. The molecule has 0 amide bonds. The molecule has 0 N–H and O–H groups in total. The summed E-state index contributed by atoms with van der Waals surface area (Å²) in [6.45, 7) is 6.49. The lowest BCUT2D eigenvalue weighted by atomic mass is 10.0. The number of methoxy groups -OCH3 is 1. The predicted molar refractivity (Wildman–Crippen MR) is 108 cm³/mol. The number of hydrogen-bond acceptors (Lipinski definition) is 3. The van der Waals surface area contributed by atoms with E-state index in [-0.39, 0.29) is 5.75 Å². The minimum absolute atomic E-state index is 0.279. The van der Waals surface area contributed by atoms with E-state index in [1.807, 2.05) is 26.0 Å². The molecule has 0 aliphatic carbocycles. The van der Waals surface area contributed by atoms with Crippen molar-refractivity contribution in [2.75, 3.05) is 7.11 Å². The summed E-state index contributed by atoms with van der Waals surface area (Å²) in [6.07, 6.45) is 2.65. The van der Waals surface area contributed by atoms with Gasteiger partial charge in [-0.2, -0.15) is 0 Å². The van der Waals surface area contributed by atoms with E-state index in [9.17, 15) is 8.78 Å². The number of aryl methyl sites for hydroxylation is 1. The molecule has 28 heavy (non-hydrogen) atoms. The predicted octanol–water partition coefficient (Wildman–Crippen LogP) is 6.20. The Kier molecular flexibility index (Phi) is 7.93. The lowest BCUT2D eigenvalue weighted by molar-refractivity contribution is 0.306. The molecule has 5 heteroatoms. The summed E-state index contributed by atoms with van der Waals surface area (Å²) < 4.78 is 37.9. The number of aromatic nitrogens is 1. The van der Waals surface area contributed by atoms with Crippen molar-refractivity contribution >= 4 is 0 Å². The second-order valence-electron chi connectivity index (χ2n) is 5.79. The molecular formula is C23H25F2NO2. The van der Waals surface area contributed by atoms with Crippen LogP contribution >= 0.6 is 0 Å². The number of pyridine rings is 1. The average molecular weight is 385 g/mol. The number of rotatable bonds is 6. The van der Waals surface area contributed by atoms with Gasteiger partial charge in [-0.15, -0.1) is 0 Å². The molecule has 2 aromatic carbocycles. The van der Waals surface area contributed by atoms with Gasteiger partial charge in [0, 0.05) is 23.5 Å². The Morgan fingerprint density at radius 2 is 1.61 bits per heavy atom. The molecule has 0 saturated carbocycles. The van der Waals surface area contributed by atoms with E-state index in [4.69, 9.17) is 9.47 Å². The molecule has 0 spiro atoms. The van der Waals surface area contributed by atoms with Gasteiger partial charge in [0.15, 0.2) is 11.6 Å². The van der Waals surface area contributed by atoms with Gasteiger partial charge in [-0.05, 0) is 47.9 Å². The lowest BCUT2D eigenvalue weighted by Gasteiger charge is -2.11. The normalized spacial score (nSPS) is 10.1. The first-order valence-electron chi connectivity index (χ1n) is 9.30. The van der Waals surface area contributed by atoms with Crippen molar-refractivity contribution in [1.82, 2.24) is 4.98 Å². The van der Waals surface area contributed by atoms with Crippen LogP contribution in [0.5, 0.6) is 11.5 Å². The molecule has 3 rings (SSSR count). The Labute approximate surface area is 165 Å². The van der Waals surface area contributed by atoms with Crippen molar-refractivity contribution in [3.8, 4) is 22.6 Å². The quantitative estimate of drug-likeness (QED) is 0.506. The highest BCUT2D eigenvalue weighted by Gasteiger charge is 2.12. The molecule has 3 nitrogen and oxygen atoms in total. The van der Waals surface area contributed by atoms with Crippen LogP contribution in [0.1, 0.15) is 32.0 Å². The largest absolute Gasteiger partial charge is 0.496 e. The van der Waals surface area contributed by atoms with Gasteiger partial charge in [-0.25, -0.2) is 8.78 Å². The van der Waals surface area contributed by atoms with E-state index < -0.39 is 11.6 Å². The first-order valence-corrected chi connectivity index (χ1v) is 9.30. The van der Waals surface area contributed by atoms with Gasteiger partial charge < -0.3 is 9.47 Å². The average Bonchev–Trinajstić information content (AvgIpc) is 2.76. The smallest absolute Gasteiger partial charge is 0.162 e. The maximum atomic E-state index is 13.6. The molecular weight excluding hydrogens is 360 g/mol. The van der Waals surface area contributed by atoms with Crippen LogP contribution in [0.2, 0.25) is 0 Å². The zero-order valence-corrected chi connectivity index (χ0v) is 16.6. The third kappa shape index (κ3) is 5.28. The van der Waals surface area contributed by atoms with Gasteiger partial charge in [-0.1, -0.05) is 32.9 Å². The van der Waals surface area contributed by atoms with Crippen LogP contribution < -0.4 is 9.47 Å². The maximum absolute atomic E-state index is 13.6. The fourth-order valence-corrected chi connectivity index (χ4v) is 2.63. The Balaban J connectivity index is 0.00000136. The van der Waals surface area contributed by atoms with Crippen molar-refractivity contribution in [2.45, 2.75) is 33.8 Å². The zero-order valence-electron chi connectivity index (χ0n) is 16.6. The van der Waals surface area contributed by atoms with E-state index in [1.165, 1.54) is 7.11 Å². The molecule has 0 fully saturated rings. The number of benzene rings is 2. The monoisotopic (exact) mass is 385 g/mol. The van der Waals surface area contributed by atoms with Gasteiger partial charge in [0.1, 0.15) is 18.1 Å². The minimum Gasteiger partial charge on any atom is -0.496 e. The van der Waals surface area contributed by atoms with Crippen LogP contribution in [0.3, 0.4) is 0 Å². The summed E-state index contributed by atoms with van der Waals surface area (Å²) in [5.41, 5.74) is 3.26. The number of nitrogens with zero attached hydrogens (tertiary/aromatic N) is 1. The highest BCUT2D eigenvalue weighted by Crippen LogP contribution is 2.33. The fourth-order valence-electron chi connectivity index (χ4n) is 2.63. The van der Waals surface area contributed by atoms with Crippen LogP contribution in [-0.2, 0) is 13.0 Å². The highest BCUT2D eigenvalue weighted by atomic mass is 19.2. The minimum atomic E-state index is -0.936. The van der Waals surface area contributed by atoms with E-state index in [0.717, 1.165) is 29.8 Å². The van der Waals surface area contributed by atoms with Crippen molar-refractivity contribution < 1.29 is 18.3 Å². The van der Waals surface area contributed by atoms with Crippen molar-refractivity contribution in [3.63, 3.8) is 0 Å². The van der Waals surface area contributed by atoms with Gasteiger partial charge >= 0.3 is 0 Å². The third-order valence-corrected chi connectivity index (χ3v) is 4.06. The fraction of sp³-hybridized carbons (Fsp3) is 0.261. The first-order chi connectivity index (χ1) is 13.6. The van der Waals surface area contributed by atoms with E-state index in [0.29, 0.717) is 23.5 Å². The van der Waals surface area contributed by atoms with Crippen LogP contribution in [-0.4, -0.2) is 12.1 Å². The number of ether oxygens (including phenoxy) is 2. The van der Waals surface area contributed by atoms with Crippen molar-refractivity contribution in [1.29, 1.82) is 0 Å². The summed E-state index contributed by atoms with van der Waals surface area (Å²) in [7, 11) is 1.42. The molecule has 148 valence electrons. The molecule has 0 aliphatic heterocycles. The Bertz CT molecular complexity index is 896. The third-order valence-electron chi connectivity index (χ3n) is 4.06. The zero-order chi connectivity index (χ0) is 20.5. The second kappa shape index (κ2) is 10.4. The van der Waals surface area contributed by atoms with Crippen LogP contribution in [0.15, 0.2) is 54.7 Å². The van der Waals surface area contributed by atoms with Gasteiger partial charge in [-0.3, -0.25) is 4.98 Å². The summed E-state index contributed by atoms with van der Waals surface area (Å²) >= 11 is 0. The Morgan fingerprint density at radius 3 is 2.25 bits per heavy atom. The van der Waals surface area contributed by atoms with Crippen LogP contribution in [0.25, 0.3) is 11.1 Å². The SMILES string of the molecule is CC.CCc1cc(COc2ccc(-c3cc(F)c(F)cc3OC)cc2)ccn1. The second-order valence-corrected chi connectivity index (χ2v) is 5.79. The molecule has 0 aliphatic rings. The molecule has 0 atom stereocenters. The summed E-state index contributed by atoms with van der Waals surface area (Å²) in [4.78, 5) is 4.26. The van der Waals surface area contributed by atoms with Crippen molar-refractivity contribution in [2.24, 2.45) is 0 Å². The summed E-state index contributed by atoms with van der Waals surface area (Å²) in [5, 5.41) is 0. The van der Waals surface area contributed by atoms with Crippen LogP contribution in [0.4, 0.5) is 8.78 Å². The number of halogens is 2. The maximum Gasteiger partial charge on any atom is 0.162 e.